The lowest BCUT2D eigenvalue weighted by molar-refractivity contribution is 0.420. The molecular weight excluding hydrogens is 711 g/mol. The lowest BCUT2D eigenvalue weighted by Gasteiger charge is -2.31. The van der Waals surface area contributed by atoms with E-state index in [1.54, 1.807) is 0 Å². The zero-order valence-electron chi connectivity index (χ0n) is 34.7. The van der Waals surface area contributed by atoms with Crippen molar-refractivity contribution in [1.82, 2.24) is 0 Å². The van der Waals surface area contributed by atoms with E-state index in [1.807, 2.05) is 0 Å². The second-order valence-electron chi connectivity index (χ2n) is 18.7. The van der Waals surface area contributed by atoms with E-state index in [2.05, 4.69) is 183 Å². The van der Waals surface area contributed by atoms with E-state index in [0.29, 0.717) is 11.8 Å². The van der Waals surface area contributed by atoms with Crippen LogP contribution in [0, 0.1) is 11.8 Å². The van der Waals surface area contributed by atoms with Crippen molar-refractivity contribution in [1.29, 1.82) is 0 Å². The molecule has 7 aromatic carbocycles. The molecule has 0 heterocycles. The molecule has 11 rings (SSSR count). The molecule has 0 aliphatic heterocycles. The van der Waals surface area contributed by atoms with Crippen LogP contribution < -0.4 is 4.90 Å². The smallest absolute Gasteiger partial charge is 0.0543 e. The molecule has 0 aromatic heterocycles. The molecule has 59 heavy (non-hydrogen) atoms. The summed E-state index contributed by atoms with van der Waals surface area (Å²) in [4.78, 5) is 2.55. The van der Waals surface area contributed by atoms with Crippen LogP contribution in [-0.2, 0) is 5.41 Å². The topological polar surface area (TPSA) is 3.24 Å². The third kappa shape index (κ3) is 6.55. The van der Waals surface area contributed by atoms with E-state index < -0.39 is 0 Å². The zero-order chi connectivity index (χ0) is 39.5. The van der Waals surface area contributed by atoms with Crippen molar-refractivity contribution < 1.29 is 0 Å². The average Bonchev–Trinajstić information content (AvgIpc) is 4.00. The van der Waals surface area contributed by atoms with E-state index >= 15 is 0 Å². The highest BCUT2D eigenvalue weighted by molar-refractivity contribution is 5.95. The van der Waals surface area contributed by atoms with Crippen molar-refractivity contribution in [3.8, 4) is 44.5 Å². The first-order chi connectivity index (χ1) is 29.0. The van der Waals surface area contributed by atoms with Crippen molar-refractivity contribution >= 4 is 17.1 Å². The van der Waals surface area contributed by atoms with Gasteiger partial charge in [0.25, 0.3) is 0 Å². The maximum Gasteiger partial charge on any atom is 0.0543 e. The van der Waals surface area contributed by atoms with Gasteiger partial charge in [0, 0.05) is 22.4 Å². The standard InChI is InChI=1S/C58H55N/c1-58(2)55-32-27-47(41-15-8-4-9-16-41)36-53(55)54-37-52(43-17-10-5-11-18-43)57(38-56(54)58)59(50-30-25-44(26-31-50)51-34-39-21-22-48(51)33-39)49-28-23-42(24-29-49)46-20-12-19-45(35-46)40-13-6-3-7-14-40/h4-5,8-12,15-20,23-32,35-40,48,51H,3,6-7,13-14,21-22,33-34H2,1-2H3. The Morgan fingerprint density at radius 3 is 1.76 bits per heavy atom. The fourth-order valence-corrected chi connectivity index (χ4v) is 11.8. The number of benzene rings is 7. The normalized spacial score (nSPS) is 20.3. The van der Waals surface area contributed by atoms with Gasteiger partial charge in [-0.2, -0.15) is 0 Å². The van der Waals surface area contributed by atoms with Crippen LogP contribution in [0.4, 0.5) is 17.1 Å². The SMILES string of the molecule is CC1(C)c2ccc(-c3ccccc3)cc2-c2cc(-c3ccccc3)c(N(c3ccc(-c4cccc(C5CCCCC5)c4)cc3)c3ccc(C4CC5CCC4C5)cc3)cc21. The summed E-state index contributed by atoms with van der Waals surface area (Å²) < 4.78 is 0. The Balaban J connectivity index is 1.06. The molecule has 3 fully saturated rings. The number of hydrogen-bond acceptors (Lipinski definition) is 1. The van der Waals surface area contributed by atoms with Gasteiger partial charge in [0.15, 0.2) is 0 Å². The molecule has 7 aromatic rings. The summed E-state index contributed by atoms with van der Waals surface area (Å²) >= 11 is 0. The van der Waals surface area contributed by atoms with E-state index in [1.165, 1.54) is 142 Å². The molecule has 4 aliphatic carbocycles. The van der Waals surface area contributed by atoms with Crippen LogP contribution in [-0.4, -0.2) is 0 Å². The van der Waals surface area contributed by atoms with Crippen LogP contribution in [0.1, 0.15) is 106 Å². The van der Waals surface area contributed by atoms with Gasteiger partial charge in [0.05, 0.1) is 5.69 Å². The summed E-state index contributed by atoms with van der Waals surface area (Å²) in [6.07, 6.45) is 12.4. The van der Waals surface area contributed by atoms with Crippen LogP contribution >= 0.6 is 0 Å². The summed E-state index contributed by atoms with van der Waals surface area (Å²) in [6, 6.07) is 62.6. The molecule has 0 spiro atoms. The summed E-state index contributed by atoms with van der Waals surface area (Å²) in [5.41, 5.74) is 19.5. The Morgan fingerprint density at radius 2 is 1.07 bits per heavy atom. The molecule has 0 amide bonds. The molecule has 1 heteroatoms. The van der Waals surface area contributed by atoms with Crippen LogP contribution in [0.15, 0.2) is 164 Å². The predicted molar refractivity (Wildman–Crippen MR) is 249 cm³/mol. The number of rotatable bonds is 8. The summed E-state index contributed by atoms with van der Waals surface area (Å²) in [5.74, 6) is 3.19. The first-order valence-electron chi connectivity index (χ1n) is 22.5. The van der Waals surface area contributed by atoms with Crippen molar-refractivity contribution in [2.24, 2.45) is 11.8 Å². The summed E-state index contributed by atoms with van der Waals surface area (Å²) in [7, 11) is 0. The molecule has 3 atom stereocenters. The Bertz CT molecular complexity index is 2610. The van der Waals surface area contributed by atoms with E-state index in [4.69, 9.17) is 0 Å². The Morgan fingerprint density at radius 1 is 0.441 bits per heavy atom. The van der Waals surface area contributed by atoms with E-state index in [-0.39, 0.29) is 5.41 Å². The van der Waals surface area contributed by atoms with Crippen LogP contribution in [0.5, 0.6) is 0 Å². The zero-order valence-corrected chi connectivity index (χ0v) is 34.7. The quantitative estimate of drug-likeness (QED) is 0.149. The van der Waals surface area contributed by atoms with Gasteiger partial charge < -0.3 is 4.90 Å². The minimum Gasteiger partial charge on any atom is -0.310 e. The fraction of sp³-hybridized carbons (Fsp3) is 0.276. The van der Waals surface area contributed by atoms with Crippen molar-refractivity contribution in [2.75, 3.05) is 4.90 Å². The molecule has 3 unspecified atom stereocenters. The molecule has 1 nitrogen and oxygen atoms in total. The average molecular weight is 766 g/mol. The third-order valence-electron chi connectivity index (χ3n) is 15.0. The van der Waals surface area contributed by atoms with Gasteiger partial charge in [-0.05, 0) is 159 Å². The van der Waals surface area contributed by atoms with Crippen molar-refractivity contribution in [3.05, 3.63) is 186 Å². The monoisotopic (exact) mass is 765 g/mol. The molecule has 0 radical (unpaired) electrons. The van der Waals surface area contributed by atoms with Gasteiger partial charge in [-0.1, -0.05) is 161 Å². The van der Waals surface area contributed by atoms with Gasteiger partial charge in [0.2, 0.25) is 0 Å². The molecule has 3 saturated carbocycles. The largest absolute Gasteiger partial charge is 0.310 e. The Kier molecular flexibility index (Phi) is 9.18. The van der Waals surface area contributed by atoms with E-state index in [0.717, 1.165) is 11.8 Å². The predicted octanol–water partition coefficient (Wildman–Crippen LogP) is 16.4. The van der Waals surface area contributed by atoms with E-state index in [9.17, 15) is 0 Å². The van der Waals surface area contributed by atoms with Gasteiger partial charge in [0.1, 0.15) is 0 Å². The Hall–Kier alpha value is -5.66. The number of nitrogens with zero attached hydrogens (tertiary/aromatic N) is 1. The molecule has 4 aliphatic rings. The summed E-state index contributed by atoms with van der Waals surface area (Å²) in [6.45, 7) is 4.83. The highest BCUT2D eigenvalue weighted by atomic mass is 15.1. The highest BCUT2D eigenvalue weighted by Crippen LogP contribution is 2.56. The van der Waals surface area contributed by atoms with Gasteiger partial charge in [-0.3, -0.25) is 0 Å². The first kappa shape index (κ1) is 36.4. The van der Waals surface area contributed by atoms with Gasteiger partial charge in [-0.15, -0.1) is 0 Å². The number of hydrogen-bond donors (Lipinski definition) is 0. The van der Waals surface area contributed by atoms with Crippen molar-refractivity contribution in [3.63, 3.8) is 0 Å². The highest BCUT2D eigenvalue weighted by Gasteiger charge is 2.40. The number of anilines is 3. The maximum absolute atomic E-state index is 2.55. The minimum atomic E-state index is -0.158. The molecule has 0 N–H and O–H groups in total. The molecule has 0 saturated heterocycles. The summed E-state index contributed by atoms with van der Waals surface area (Å²) in [5, 5.41) is 0. The van der Waals surface area contributed by atoms with Crippen molar-refractivity contribution in [2.45, 2.75) is 88.9 Å². The van der Waals surface area contributed by atoms with Gasteiger partial charge >= 0.3 is 0 Å². The van der Waals surface area contributed by atoms with Crippen LogP contribution in [0.3, 0.4) is 0 Å². The first-order valence-corrected chi connectivity index (χ1v) is 22.5. The minimum absolute atomic E-state index is 0.158. The third-order valence-corrected chi connectivity index (χ3v) is 15.0. The second kappa shape index (κ2) is 14.9. The fourth-order valence-electron chi connectivity index (χ4n) is 11.8. The Labute approximate surface area is 351 Å². The lowest BCUT2D eigenvalue weighted by Crippen LogP contribution is -2.17. The molecule has 2 bridgehead atoms. The molecule has 292 valence electrons. The maximum atomic E-state index is 2.55. The second-order valence-corrected chi connectivity index (χ2v) is 18.7. The molecular formula is C58H55N. The van der Waals surface area contributed by atoms with Gasteiger partial charge in [-0.25, -0.2) is 0 Å². The van der Waals surface area contributed by atoms with Crippen LogP contribution in [0.25, 0.3) is 44.5 Å². The lowest BCUT2D eigenvalue weighted by atomic mass is 9.81. The number of fused-ring (bicyclic) bond motifs is 5. The van der Waals surface area contributed by atoms with Crippen LogP contribution in [0.2, 0.25) is 0 Å².